The molecule has 1 aliphatic carbocycles. The molecule has 0 aliphatic heterocycles. The first-order valence-corrected chi connectivity index (χ1v) is 14.3. The maximum Gasteiger partial charge on any atom is 0.331 e. The molecule has 4 heteroatoms. The van der Waals surface area contributed by atoms with Crippen molar-refractivity contribution < 1.29 is 14.0 Å². The standard InChI is InChI=1S/C30H36O3Si/c1-30(2,3)34(25-17-9-5-10-18-25,26-19-11-6-12-20-26)32-23-29(31)33-28-22-14-13-21-27(28)24-15-7-4-8-16-24/h4-12,15-20,27-28H,13-14,21-23H2,1-3H3/t27-,28+/m0/s1. The van der Waals surface area contributed by atoms with Crippen LogP contribution in [0.3, 0.4) is 0 Å². The molecule has 1 fully saturated rings. The summed E-state index contributed by atoms with van der Waals surface area (Å²) >= 11 is 0. The molecule has 34 heavy (non-hydrogen) atoms. The number of hydrogen-bond donors (Lipinski definition) is 0. The number of carbonyl (C=O) groups is 1. The molecule has 178 valence electrons. The number of benzene rings is 3. The van der Waals surface area contributed by atoms with Gasteiger partial charge in [0.1, 0.15) is 12.7 Å². The summed E-state index contributed by atoms with van der Waals surface area (Å²) in [4.78, 5) is 13.2. The van der Waals surface area contributed by atoms with E-state index in [4.69, 9.17) is 9.16 Å². The minimum atomic E-state index is -2.76. The first-order chi connectivity index (χ1) is 16.4. The number of rotatable bonds is 7. The molecule has 1 saturated carbocycles. The largest absolute Gasteiger partial charge is 0.460 e. The summed E-state index contributed by atoms with van der Waals surface area (Å²) < 4.78 is 12.9. The van der Waals surface area contributed by atoms with Gasteiger partial charge in [-0.2, -0.15) is 0 Å². The van der Waals surface area contributed by atoms with Crippen molar-refractivity contribution in [1.82, 2.24) is 0 Å². The highest BCUT2D eigenvalue weighted by atomic mass is 28.4. The molecule has 3 aromatic rings. The normalized spacial score (nSPS) is 18.9. The van der Waals surface area contributed by atoms with Crippen LogP contribution in [0.1, 0.15) is 57.9 Å². The van der Waals surface area contributed by atoms with Gasteiger partial charge in [-0.15, -0.1) is 0 Å². The highest BCUT2D eigenvalue weighted by Gasteiger charge is 2.50. The lowest BCUT2D eigenvalue weighted by atomic mass is 9.81. The van der Waals surface area contributed by atoms with E-state index in [0.29, 0.717) is 0 Å². The fourth-order valence-electron chi connectivity index (χ4n) is 5.45. The van der Waals surface area contributed by atoms with E-state index in [1.165, 1.54) is 22.4 Å². The fraction of sp³-hybridized carbons (Fsp3) is 0.367. The van der Waals surface area contributed by atoms with Gasteiger partial charge in [-0.05, 0) is 40.2 Å². The van der Waals surface area contributed by atoms with Crippen molar-refractivity contribution in [2.24, 2.45) is 0 Å². The Hall–Kier alpha value is -2.69. The van der Waals surface area contributed by atoms with Crippen molar-refractivity contribution >= 4 is 24.7 Å². The Labute approximate surface area is 205 Å². The molecule has 1 aliphatic rings. The second-order valence-electron chi connectivity index (χ2n) is 10.3. The average molecular weight is 473 g/mol. The molecule has 0 unspecified atom stereocenters. The lowest BCUT2D eigenvalue weighted by Crippen LogP contribution is -2.67. The Balaban J connectivity index is 1.57. The molecule has 0 bridgehead atoms. The van der Waals surface area contributed by atoms with Crippen molar-refractivity contribution in [3.8, 4) is 0 Å². The number of esters is 1. The molecule has 0 heterocycles. The van der Waals surface area contributed by atoms with Crippen LogP contribution in [0.15, 0.2) is 91.0 Å². The first kappa shape index (κ1) is 24.4. The Morgan fingerprint density at radius 3 is 1.82 bits per heavy atom. The molecule has 0 radical (unpaired) electrons. The lowest BCUT2D eigenvalue weighted by molar-refractivity contribution is -0.154. The maximum atomic E-state index is 13.2. The highest BCUT2D eigenvalue weighted by molar-refractivity contribution is 6.99. The summed E-state index contributed by atoms with van der Waals surface area (Å²) in [7, 11) is -2.76. The Kier molecular flexibility index (Phi) is 7.69. The van der Waals surface area contributed by atoms with Crippen molar-refractivity contribution in [3.63, 3.8) is 0 Å². The minimum Gasteiger partial charge on any atom is -0.460 e. The fourth-order valence-corrected chi connectivity index (χ4v) is 9.94. The molecular weight excluding hydrogens is 436 g/mol. The lowest BCUT2D eigenvalue weighted by Gasteiger charge is -2.42. The van der Waals surface area contributed by atoms with Gasteiger partial charge in [0, 0.05) is 5.92 Å². The van der Waals surface area contributed by atoms with Crippen LogP contribution < -0.4 is 10.4 Å². The van der Waals surface area contributed by atoms with E-state index in [1.54, 1.807) is 0 Å². The third-order valence-corrected chi connectivity index (χ3v) is 12.0. The van der Waals surface area contributed by atoms with Gasteiger partial charge in [-0.3, -0.25) is 0 Å². The Morgan fingerprint density at radius 2 is 1.29 bits per heavy atom. The van der Waals surface area contributed by atoms with E-state index >= 15 is 0 Å². The predicted molar refractivity (Wildman–Crippen MR) is 141 cm³/mol. The first-order valence-electron chi connectivity index (χ1n) is 12.4. The van der Waals surface area contributed by atoms with Crippen LogP contribution in [0.5, 0.6) is 0 Å². The van der Waals surface area contributed by atoms with Crippen molar-refractivity contribution in [2.75, 3.05) is 6.61 Å². The molecule has 3 aromatic carbocycles. The van der Waals surface area contributed by atoms with Gasteiger partial charge in [0.15, 0.2) is 0 Å². The van der Waals surface area contributed by atoms with Gasteiger partial charge in [-0.25, -0.2) is 4.79 Å². The number of carbonyl (C=O) groups excluding carboxylic acids is 1. The highest BCUT2D eigenvalue weighted by Crippen LogP contribution is 2.37. The van der Waals surface area contributed by atoms with E-state index in [1.807, 2.05) is 18.2 Å². The Bertz CT molecular complexity index is 1010. The zero-order chi connectivity index (χ0) is 24.0. The minimum absolute atomic E-state index is 0.0364. The molecule has 0 N–H and O–H groups in total. The summed E-state index contributed by atoms with van der Waals surface area (Å²) in [5.41, 5.74) is 1.26. The van der Waals surface area contributed by atoms with Crippen LogP contribution in [-0.4, -0.2) is 27.0 Å². The van der Waals surface area contributed by atoms with Gasteiger partial charge >= 0.3 is 5.97 Å². The Morgan fingerprint density at radius 1 is 0.794 bits per heavy atom. The second-order valence-corrected chi connectivity index (χ2v) is 14.6. The SMILES string of the molecule is CC(C)(C)[Si](OCC(=O)O[C@@H]1CCCC[C@H]1c1ccccc1)(c1ccccc1)c1ccccc1. The maximum absolute atomic E-state index is 13.2. The molecule has 4 rings (SSSR count). The summed E-state index contributed by atoms with van der Waals surface area (Å²) in [5.74, 6) is -0.00687. The molecule has 0 saturated heterocycles. The van der Waals surface area contributed by atoms with E-state index in [-0.39, 0.29) is 29.6 Å². The smallest absolute Gasteiger partial charge is 0.331 e. The van der Waals surface area contributed by atoms with Crippen molar-refractivity contribution in [1.29, 1.82) is 0 Å². The van der Waals surface area contributed by atoms with Crippen LogP contribution in [0.2, 0.25) is 5.04 Å². The third-order valence-electron chi connectivity index (χ3n) is 7.04. The molecule has 3 nitrogen and oxygen atoms in total. The average Bonchev–Trinajstić information content (AvgIpc) is 2.86. The summed E-state index contributed by atoms with van der Waals surface area (Å²) in [6.45, 7) is 6.62. The topological polar surface area (TPSA) is 35.5 Å². The summed E-state index contributed by atoms with van der Waals surface area (Å²) in [5, 5.41) is 2.16. The molecule has 2 atom stereocenters. The summed E-state index contributed by atoms with van der Waals surface area (Å²) in [6.07, 6.45) is 4.14. The van der Waals surface area contributed by atoms with E-state index in [2.05, 4.69) is 93.6 Å². The zero-order valence-electron chi connectivity index (χ0n) is 20.6. The van der Waals surface area contributed by atoms with Crippen LogP contribution in [0, 0.1) is 0 Å². The van der Waals surface area contributed by atoms with Crippen LogP contribution in [-0.2, 0) is 14.0 Å². The molecular formula is C30H36O3Si. The molecule has 0 spiro atoms. The van der Waals surface area contributed by atoms with Crippen molar-refractivity contribution in [2.45, 2.75) is 63.5 Å². The molecule has 0 amide bonds. The monoisotopic (exact) mass is 472 g/mol. The van der Waals surface area contributed by atoms with E-state index < -0.39 is 8.32 Å². The van der Waals surface area contributed by atoms with E-state index in [0.717, 1.165) is 19.3 Å². The van der Waals surface area contributed by atoms with Gasteiger partial charge in [-0.1, -0.05) is 118 Å². The predicted octanol–water partition coefficient (Wildman–Crippen LogP) is 5.83. The van der Waals surface area contributed by atoms with Gasteiger partial charge in [0.05, 0.1) is 0 Å². The molecule has 0 aromatic heterocycles. The van der Waals surface area contributed by atoms with E-state index in [9.17, 15) is 4.79 Å². The van der Waals surface area contributed by atoms with Gasteiger partial charge < -0.3 is 9.16 Å². The number of hydrogen-bond acceptors (Lipinski definition) is 3. The second kappa shape index (κ2) is 10.7. The third kappa shape index (κ3) is 5.18. The van der Waals surface area contributed by atoms with Crippen LogP contribution >= 0.6 is 0 Å². The number of ether oxygens (including phenoxy) is 1. The summed E-state index contributed by atoms with van der Waals surface area (Å²) in [6, 6.07) is 31.3. The van der Waals surface area contributed by atoms with Crippen molar-refractivity contribution in [3.05, 3.63) is 96.6 Å². The van der Waals surface area contributed by atoms with Gasteiger partial charge in [0.25, 0.3) is 8.32 Å². The van der Waals surface area contributed by atoms with Crippen LogP contribution in [0.25, 0.3) is 0 Å². The zero-order valence-corrected chi connectivity index (χ0v) is 21.6. The van der Waals surface area contributed by atoms with Gasteiger partial charge in [0.2, 0.25) is 0 Å². The quantitative estimate of drug-likeness (QED) is 0.320. The van der Waals surface area contributed by atoms with Crippen LogP contribution in [0.4, 0.5) is 0 Å².